The molecule has 0 amide bonds. The Labute approximate surface area is 91.4 Å². The van der Waals surface area contributed by atoms with Crippen LogP contribution in [0.2, 0.25) is 0 Å². The van der Waals surface area contributed by atoms with Gasteiger partial charge in [-0.15, -0.1) is 11.3 Å². The first-order chi connectivity index (χ1) is 6.70. The van der Waals surface area contributed by atoms with Crippen molar-refractivity contribution in [1.82, 2.24) is 10.3 Å². The van der Waals surface area contributed by atoms with E-state index in [0.29, 0.717) is 0 Å². The summed E-state index contributed by atoms with van der Waals surface area (Å²) in [5.74, 6) is 0. The zero-order valence-electron chi connectivity index (χ0n) is 8.53. The van der Waals surface area contributed by atoms with Gasteiger partial charge in [-0.25, -0.2) is 0 Å². The molecular weight excluding hydrogens is 216 g/mol. The molecule has 0 aromatic carbocycles. The maximum atomic E-state index is 11.0. The first-order valence-corrected chi connectivity index (χ1v) is 7.10. The summed E-state index contributed by atoms with van der Waals surface area (Å²) >= 11 is 1.65. The van der Waals surface area contributed by atoms with E-state index in [1.54, 1.807) is 17.6 Å². The monoisotopic (exact) mass is 232 g/mol. The van der Waals surface area contributed by atoms with Gasteiger partial charge in [-0.3, -0.25) is 9.19 Å². The summed E-state index contributed by atoms with van der Waals surface area (Å²) in [7, 11) is -0.700. The molecule has 0 aliphatic rings. The van der Waals surface area contributed by atoms with Crippen LogP contribution in [0.25, 0.3) is 0 Å². The van der Waals surface area contributed by atoms with Gasteiger partial charge in [-0.05, 0) is 13.0 Å². The van der Waals surface area contributed by atoms with Gasteiger partial charge in [-0.1, -0.05) is 6.92 Å². The molecule has 3 nitrogen and oxygen atoms in total. The number of aromatic nitrogens is 1. The van der Waals surface area contributed by atoms with Crippen LogP contribution in [0.15, 0.2) is 11.7 Å². The molecule has 1 aromatic rings. The number of nitrogens with zero attached hydrogens (tertiary/aromatic N) is 1. The van der Waals surface area contributed by atoms with E-state index in [1.165, 1.54) is 4.88 Å². The second kappa shape index (κ2) is 6.27. The molecule has 5 heteroatoms. The number of rotatable bonds is 6. The molecule has 1 aromatic heterocycles. The van der Waals surface area contributed by atoms with E-state index in [4.69, 9.17) is 0 Å². The molecule has 2 unspecified atom stereocenters. The first kappa shape index (κ1) is 11.8. The lowest BCUT2D eigenvalue weighted by molar-refractivity contribution is 0.631. The lowest BCUT2D eigenvalue weighted by Crippen LogP contribution is -2.20. The topological polar surface area (TPSA) is 42.0 Å². The van der Waals surface area contributed by atoms with Crippen LogP contribution in [0.4, 0.5) is 0 Å². The SMILES string of the molecule is CC(CCNCc1cncs1)S(C)=O. The second-order valence-corrected chi connectivity index (χ2v) is 6.02. The van der Waals surface area contributed by atoms with Crippen LogP contribution in [0.3, 0.4) is 0 Å². The van der Waals surface area contributed by atoms with Crippen molar-refractivity contribution >= 4 is 22.1 Å². The highest BCUT2D eigenvalue weighted by Gasteiger charge is 2.04. The molecule has 80 valence electrons. The van der Waals surface area contributed by atoms with Crippen molar-refractivity contribution in [2.75, 3.05) is 12.8 Å². The van der Waals surface area contributed by atoms with Crippen LogP contribution in [-0.4, -0.2) is 27.2 Å². The number of hydrogen-bond acceptors (Lipinski definition) is 4. The molecule has 1 heterocycles. The summed E-state index contributed by atoms with van der Waals surface area (Å²) in [5, 5.41) is 3.59. The van der Waals surface area contributed by atoms with Crippen molar-refractivity contribution in [1.29, 1.82) is 0 Å². The van der Waals surface area contributed by atoms with Gasteiger partial charge < -0.3 is 5.32 Å². The minimum Gasteiger partial charge on any atom is -0.312 e. The molecule has 0 bridgehead atoms. The third-order valence-electron chi connectivity index (χ3n) is 2.08. The normalized spacial score (nSPS) is 15.3. The second-order valence-electron chi connectivity index (χ2n) is 3.24. The van der Waals surface area contributed by atoms with Crippen molar-refractivity contribution in [3.05, 3.63) is 16.6 Å². The maximum Gasteiger partial charge on any atom is 0.0794 e. The number of thiazole rings is 1. The Bertz CT molecular complexity index is 274. The Morgan fingerprint density at radius 1 is 1.71 bits per heavy atom. The van der Waals surface area contributed by atoms with Crippen LogP contribution in [0.1, 0.15) is 18.2 Å². The number of hydrogen-bond donors (Lipinski definition) is 1. The molecule has 0 fully saturated rings. The summed E-state index contributed by atoms with van der Waals surface area (Å²) in [6.45, 7) is 3.80. The summed E-state index contributed by atoms with van der Waals surface area (Å²) in [5.41, 5.74) is 1.83. The minimum atomic E-state index is -0.700. The Balaban J connectivity index is 2.08. The van der Waals surface area contributed by atoms with Gasteiger partial charge in [0.25, 0.3) is 0 Å². The van der Waals surface area contributed by atoms with E-state index >= 15 is 0 Å². The molecule has 14 heavy (non-hydrogen) atoms. The van der Waals surface area contributed by atoms with Gasteiger partial charge in [0, 0.05) is 39.9 Å². The highest BCUT2D eigenvalue weighted by Crippen LogP contribution is 2.04. The van der Waals surface area contributed by atoms with E-state index in [-0.39, 0.29) is 5.25 Å². The standard InChI is InChI=1S/C9H16N2OS2/c1-8(14(2)12)3-4-10-5-9-6-11-7-13-9/h6-8,10H,3-5H2,1-2H3. The molecule has 1 rings (SSSR count). The number of nitrogens with one attached hydrogen (secondary N) is 1. The fourth-order valence-electron chi connectivity index (χ4n) is 1.01. The molecule has 0 radical (unpaired) electrons. The van der Waals surface area contributed by atoms with Crippen LogP contribution in [-0.2, 0) is 17.3 Å². The highest BCUT2D eigenvalue weighted by atomic mass is 32.2. The molecule has 0 saturated carbocycles. The third kappa shape index (κ3) is 4.30. The van der Waals surface area contributed by atoms with Crippen molar-refractivity contribution in [2.45, 2.75) is 25.1 Å². The van der Waals surface area contributed by atoms with Crippen molar-refractivity contribution in [3.63, 3.8) is 0 Å². The molecule has 2 atom stereocenters. The summed E-state index contributed by atoms with van der Waals surface area (Å²) in [6.07, 6.45) is 4.59. The maximum absolute atomic E-state index is 11.0. The zero-order chi connectivity index (χ0) is 10.4. The third-order valence-corrected chi connectivity index (χ3v) is 4.23. The highest BCUT2D eigenvalue weighted by molar-refractivity contribution is 7.84. The minimum absolute atomic E-state index is 0.281. The van der Waals surface area contributed by atoms with E-state index < -0.39 is 10.8 Å². The van der Waals surface area contributed by atoms with Gasteiger partial charge in [0.05, 0.1) is 5.51 Å². The van der Waals surface area contributed by atoms with E-state index in [9.17, 15) is 4.21 Å². The Morgan fingerprint density at radius 3 is 3.07 bits per heavy atom. The molecule has 0 spiro atoms. The molecule has 0 saturated heterocycles. The fourth-order valence-corrected chi connectivity index (χ4v) is 2.03. The van der Waals surface area contributed by atoms with Crippen LogP contribution >= 0.6 is 11.3 Å². The quantitative estimate of drug-likeness (QED) is 0.754. The van der Waals surface area contributed by atoms with Gasteiger partial charge >= 0.3 is 0 Å². The molecular formula is C9H16N2OS2. The predicted molar refractivity (Wildman–Crippen MR) is 62.0 cm³/mol. The van der Waals surface area contributed by atoms with E-state index in [0.717, 1.165) is 19.5 Å². The fraction of sp³-hybridized carbons (Fsp3) is 0.667. The van der Waals surface area contributed by atoms with E-state index in [1.807, 2.05) is 18.6 Å². The van der Waals surface area contributed by atoms with E-state index in [2.05, 4.69) is 10.3 Å². The summed E-state index contributed by atoms with van der Waals surface area (Å²) in [6, 6.07) is 0. The zero-order valence-corrected chi connectivity index (χ0v) is 10.2. The van der Waals surface area contributed by atoms with Crippen LogP contribution in [0, 0.1) is 0 Å². The largest absolute Gasteiger partial charge is 0.312 e. The Hall–Kier alpha value is -0.260. The van der Waals surface area contributed by atoms with Crippen LogP contribution in [0.5, 0.6) is 0 Å². The summed E-state index contributed by atoms with van der Waals surface area (Å²) in [4.78, 5) is 5.24. The first-order valence-electron chi connectivity index (χ1n) is 4.60. The van der Waals surface area contributed by atoms with Crippen LogP contribution < -0.4 is 5.32 Å². The van der Waals surface area contributed by atoms with Gasteiger partial charge in [-0.2, -0.15) is 0 Å². The van der Waals surface area contributed by atoms with Gasteiger partial charge in [0.15, 0.2) is 0 Å². The average Bonchev–Trinajstić information content (AvgIpc) is 2.64. The predicted octanol–water partition coefficient (Wildman–Crippen LogP) is 1.39. The molecule has 0 aliphatic carbocycles. The lowest BCUT2D eigenvalue weighted by Gasteiger charge is -2.08. The van der Waals surface area contributed by atoms with Crippen molar-refractivity contribution in [3.8, 4) is 0 Å². The van der Waals surface area contributed by atoms with Crippen molar-refractivity contribution < 1.29 is 4.21 Å². The summed E-state index contributed by atoms with van der Waals surface area (Å²) < 4.78 is 11.0. The Kier molecular flexibility index (Phi) is 5.29. The molecule has 0 aliphatic heterocycles. The average molecular weight is 232 g/mol. The smallest absolute Gasteiger partial charge is 0.0794 e. The Morgan fingerprint density at radius 2 is 2.50 bits per heavy atom. The van der Waals surface area contributed by atoms with Crippen molar-refractivity contribution in [2.24, 2.45) is 0 Å². The lowest BCUT2D eigenvalue weighted by atomic mass is 10.3. The van der Waals surface area contributed by atoms with Gasteiger partial charge in [0.1, 0.15) is 0 Å². The van der Waals surface area contributed by atoms with Gasteiger partial charge in [0.2, 0.25) is 0 Å². The molecule has 1 N–H and O–H groups in total.